The zero-order valence-electron chi connectivity index (χ0n) is 12.1. The summed E-state index contributed by atoms with van der Waals surface area (Å²) in [4.78, 5) is 0. The topological polar surface area (TPSA) is 47.3 Å². The van der Waals surface area contributed by atoms with Crippen molar-refractivity contribution in [2.75, 3.05) is 19.7 Å². The Labute approximate surface area is 116 Å². The van der Waals surface area contributed by atoms with Crippen molar-refractivity contribution in [1.82, 2.24) is 5.32 Å². The van der Waals surface area contributed by atoms with Crippen LogP contribution in [0.1, 0.15) is 56.2 Å². The molecule has 19 heavy (non-hydrogen) atoms. The van der Waals surface area contributed by atoms with Crippen LogP contribution in [0, 0.1) is 0 Å². The fourth-order valence-corrected chi connectivity index (χ4v) is 2.55. The van der Waals surface area contributed by atoms with Gasteiger partial charge in [-0.15, -0.1) is 0 Å². The molecule has 3 heteroatoms. The molecule has 0 bridgehead atoms. The first-order chi connectivity index (χ1) is 9.22. The van der Waals surface area contributed by atoms with E-state index in [1.165, 1.54) is 11.1 Å². The number of rotatable bonds is 5. The van der Waals surface area contributed by atoms with Gasteiger partial charge >= 0.3 is 0 Å². The standard InChI is InChI=1S/C16H26N2O/c1-12(2)13-6-7-16-14(11-13)15(5-3-10-19-16)18-9-4-8-17/h6-7,11-12,15,18H,3-5,8-10,17H2,1-2H3. The van der Waals surface area contributed by atoms with Gasteiger partial charge in [0.1, 0.15) is 5.75 Å². The van der Waals surface area contributed by atoms with Gasteiger partial charge < -0.3 is 15.8 Å². The smallest absolute Gasteiger partial charge is 0.124 e. The van der Waals surface area contributed by atoms with Crippen molar-refractivity contribution in [3.8, 4) is 5.75 Å². The van der Waals surface area contributed by atoms with Crippen molar-refractivity contribution >= 4 is 0 Å². The summed E-state index contributed by atoms with van der Waals surface area (Å²) < 4.78 is 5.86. The van der Waals surface area contributed by atoms with Crippen LogP contribution in [0.4, 0.5) is 0 Å². The van der Waals surface area contributed by atoms with E-state index in [0.717, 1.165) is 44.7 Å². The minimum Gasteiger partial charge on any atom is -0.493 e. The van der Waals surface area contributed by atoms with E-state index < -0.39 is 0 Å². The molecule has 0 saturated heterocycles. The molecule has 0 fully saturated rings. The molecule has 0 radical (unpaired) electrons. The van der Waals surface area contributed by atoms with Crippen molar-refractivity contribution < 1.29 is 4.74 Å². The maximum Gasteiger partial charge on any atom is 0.124 e. The fourth-order valence-electron chi connectivity index (χ4n) is 2.55. The van der Waals surface area contributed by atoms with Gasteiger partial charge in [0.2, 0.25) is 0 Å². The molecule has 1 aliphatic heterocycles. The number of nitrogens with one attached hydrogen (secondary N) is 1. The summed E-state index contributed by atoms with van der Waals surface area (Å²) in [6.45, 7) is 7.01. The lowest BCUT2D eigenvalue weighted by atomic mass is 9.95. The monoisotopic (exact) mass is 262 g/mol. The van der Waals surface area contributed by atoms with E-state index in [4.69, 9.17) is 10.5 Å². The molecule has 1 unspecified atom stereocenters. The van der Waals surface area contributed by atoms with Crippen molar-refractivity contribution in [2.45, 2.75) is 45.1 Å². The highest BCUT2D eigenvalue weighted by Gasteiger charge is 2.20. The summed E-state index contributed by atoms with van der Waals surface area (Å²) in [5, 5.41) is 3.62. The van der Waals surface area contributed by atoms with Gasteiger partial charge in [-0.05, 0) is 49.9 Å². The van der Waals surface area contributed by atoms with E-state index in [9.17, 15) is 0 Å². The molecule has 2 rings (SSSR count). The number of ether oxygens (including phenoxy) is 1. The zero-order chi connectivity index (χ0) is 13.7. The Morgan fingerprint density at radius 3 is 3.00 bits per heavy atom. The van der Waals surface area contributed by atoms with Crippen molar-refractivity contribution in [1.29, 1.82) is 0 Å². The molecule has 0 aromatic heterocycles. The van der Waals surface area contributed by atoms with Crippen LogP contribution in [0.2, 0.25) is 0 Å². The largest absolute Gasteiger partial charge is 0.493 e. The molecular weight excluding hydrogens is 236 g/mol. The second kappa shape index (κ2) is 6.92. The zero-order valence-corrected chi connectivity index (χ0v) is 12.1. The Hall–Kier alpha value is -1.06. The van der Waals surface area contributed by atoms with Crippen LogP contribution in [-0.2, 0) is 0 Å². The van der Waals surface area contributed by atoms with E-state index >= 15 is 0 Å². The van der Waals surface area contributed by atoms with Crippen LogP contribution >= 0.6 is 0 Å². The van der Waals surface area contributed by atoms with E-state index in [1.807, 2.05) is 0 Å². The summed E-state index contributed by atoms with van der Waals surface area (Å²) in [5.74, 6) is 1.60. The minimum atomic E-state index is 0.405. The van der Waals surface area contributed by atoms with Gasteiger partial charge in [-0.25, -0.2) is 0 Å². The summed E-state index contributed by atoms with van der Waals surface area (Å²) in [6.07, 6.45) is 3.27. The maximum absolute atomic E-state index is 5.86. The second-order valence-corrected chi connectivity index (χ2v) is 5.59. The first-order valence-corrected chi connectivity index (χ1v) is 7.42. The molecule has 3 N–H and O–H groups in total. The fraction of sp³-hybridized carbons (Fsp3) is 0.625. The average Bonchev–Trinajstić information content (AvgIpc) is 2.61. The molecular formula is C16H26N2O. The molecule has 0 saturated carbocycles. The lowest BCUT2D eigenvalue weighted by Gasteiger charge is -2.20. The normalized spacial score (nSPS) is 18.8. The molecule has 1 aromatic carbocycles. The van der Waals surface area contributed by atoms with Gasteiger partial charge in [0, 0.05) is 11.6 Å². The van der Waals surface area contributed by atoms with Crippen LogP contribution in [0.15, 0.2) is 18.2 Å². The molecule has 1 atom stereocenters. The van der Waals surface area contributed by atoms with E-state index in [0.29, 0.717) is 12.0 Å². The van der Waals surface area contributed by atoms with Crippen molar-refractivity contribution in [3.63, 3.8) is 0 Å². The van der Waals surface area contributed by atoms with E-state index in [-0.39, 0.29) is 0 Å². The van der Waals surface area contributed by atoms with Gasteiger partial charge in [0.05, 0.1) is 6.61 Å². The average molecular weight is 262 g/mol. The molecule has 3 nitrogen and oxygen atoms in total. The highest BCUT2D eigenvalue weighted by molar-refractivity contribution is 5.41. The maximum atomic E-state index is 5.86. The lowest BCUT2D eigenvalue weighted by Crippen LogP contribution is -2.24. The van der Waals surface area contributed by atoms with Crippen molar-refractivity contribution in [2.24, 2.45) is 5.73 Å². The Morgan fingerprint density at radius 2 is 2.26 bits per heavy atom. The molecule has 0 aliphatic carbocycles. The summed E-state index contributed by atoms with van der Waals surface area (Å²) in [6, 6.07) is 7.04. The van der Waals surface area contributed by atoms with Gasteiger partial charge in [0.15, 0.2) is 0 Å². The van der Waals surface area contributed by atoms with Crippen LogP contribution < -0.4 is 15.8 Å². The van der Waals surface area contributed by atoms with Crippen molar-refractivity contribution in [3.05, 3.63) is 29.3 Å². The first kappa shape index (κ1) is 14.4. The number of hydrogen-bond acceptors (Lipinski definition) is 3. The Morgan fingerprint density at radius 1 is 1.42 bits per heavy atom. The summed E-state index contributed by atoms with van der Waals surface area (Å²) in [5.41, 5.74) is 8.27. The number of hydrogen-bond donors (Lipinski definition) is 2. The Balaban J connectivity index is 2.20. The molecule has 0 spiro atoms. The van der Waals surface area contributed by atoms with E-state index in [2.05, 4.69) is 37.4 Å². The number of benzene rings is 1. The molecule has 1 aliphatic rings. The van der Waals surface area contributed by atoms with Gasteiger partial charge in [0.25, 0.3) is 0 Å². The number of fused-ring (bicyclic) bond motifs is 1. The molecule has 1 heterocycles. The van der Waals surface area contributed by atoms with Crippen LogP contribution in [0.5, 0.6) is 5.75 Å². The molecule has 0 amide bonds. The lowest BCUT2D eigenvalue weighted by molar-refractivity contribution is 0.315. The first-order valence-electron chi connectivity index (χ1n) is 7.42. The van der Waals surface area contributed by atoms with Gasteiger partial charge in [-0.1, -0.05) is 26.0 Å². The molecule has 106 valence electrons. The van der Waals surface area contributed by atoms with Crippen LogP contribution in [-0.4, -0.2) is 19.7 Å². The van der Waals surface area contributed by atoms with Gasteiger partial charge in [-0.2, -0.15) is 0 Å². The van der Waals surface area contributed by atoms with Crippen LogP contribution in [0.3, 0.4) is 0 Å². The highest BCUT2D eigenvalue weighted by atomic mass is 16.5. The quantitative estimate of drug-likeness (QED) is 0.802. The van der Waals surface area contributed by atoms with Crippen LogP contribution in [0.25, 0.3) is 0 Å². The number of nitrogens with two attached hydrogens (primary N) is 1. The third-order valence-corrected chi connectivity index (χ3v) is 3.74. The predicted octanol–water partition coefficient (Wildman–Crippen LogP) is 2.96. The summed E-state index contributed by atoms with van der Waals surface area (Å²) >= 11 is 0. The third kappa shape index (κ3) is 3.71. The van der Waals surface area contributed by atoms with Gasteiger partial charge in [-0.3, -0.25) is 0 Å². The Bertz CT molecular complexity index is 404. The predicted molar refractivity (Wildman–Crippen MR) is 79.7 cm³/mol. The Kier molecular flexibility index (Phi) is 5.23. The molecule has 1 aromatic rings. The highest BCUT2D eigenvalue weighted by Crippen LogP contribution is 2.33. The summed E-state index contributed by atoms with van der Waals surface area (Å²) in [7, 11) is 0. The second-order valence-electron chi connectivity index (χ2n) is 5.59. The minimum absolute atomic E-state index is 0.405. The SMILES string of the molecule is CC(C)c1ccc2c(c1)C(NCCCN)CCCO2. The third-order valence-electron chi connectivity index (χ3n) is 3.74. The van der Waals surface area contributed by atoms with E-state index in [1.54, 1.807) is 0 Å².